The van der Waals surface area contributed by atoms with Gasteiger partial charge in [0.2, 0.25) is 0 Å². The Hall–Kier alpha value is -2.60. The van der Waals surface area contributed by atoms with Gasteiger partial charge < -0.3 is 16.0 Å². The quantitative estimate of drug-likeness (QED) is 0.669. The molecule has 0 saturated heterocycles. The Morgan fingerprint density at radius 3 is 3.21 bits per heavy atom. The van der Waals surface area contributed by atoms with Gasteiger partial charge in [-0.25, -0.2) is 0 Å². The number of aromatic nitrogens is 3. The Bertz CT molecular complexity index is 879. The minimum Gasteiger partial charge on any atom is -0.365 e. The number of carbonyl (C=O) groups is 1. The van der Waals surface area contributed by atoms with Crippen molar-refractivity contribution in [3.8, 4) is 0 Å². The van der Waals surface area contributed by atoms with Crippen molar-refractivity contribution >= 4 is 16.8 Å². The van der Waals surface area contributed by atoms with E-state index in [0.717, 1.165) is 38.2 Å². The first-order valence-corrected chi connectivity index (χ1v) is 8.32. The van der Waals surface area contributed by atoms with Gasteiger partial charge in [0.25, 0.3) is 5.91 Å². The number of nitrogens with two attached hydrogens (primary N) is 1. The van der Waals surface area contributed by atoms with Crippen molar-refractivity contribution in [1.82, 2.24) is 20.1 Å². The lowest BCUT2D eigenvalue weighted by Gasteiger charge is -2.24. The van der Waals surface area contributed by atoms with Crippen LogP contribution in [-0.4, -0.2) is 27.2 Å². The Morgan fingerprint density at radius 1 is 1.42 bits per heavy atom. The van der Waals surface area contributed by atoms with Crippen LogP contribution in [0, 0.1) is 5.92 Å². The smallest absolute Gasteiger partial charge is 0.252 e. The number of hydrogen-bond donors (Lipinski definition) is 3. The Morgan fingerprint density at radius 2 is 2.33 bits per heavy atom. The van der Waals surface area contributed by atoms with Gasteiger partial charge in [-0.15, -0.1) is 0 Å². The van der Waals surface area contributed by atoms with Crippen molar-refractivity contribution < 1.29 is 4.79 Å². The monoisotopic (exact) mass is 323 g/mol. The molecule has 2 aromatic heterocycles. The third-order valence-corrected chi connectivity index (χ3v) is 4.87. The Balaban J connectivity index is 1.39. The van der Waals surface area contributed by atoms with Crippen molar-refractivity contribution in [2.24, 2.45) is 11.7 Å². The van der Waals surface area contributed by atoms with E-state index < -0.39 is 0 Å². The van der Waals surface area contributed by atoms with Crippen LogP contribution < -0.4 is 11.1 Å². The number of para-hydroxylation sites is 1. The summed E-state index contributed by atoms with van der Waals surface area (Å²) >= 11 is 0. The van der Waals surface area contributed by atoms with Crippen LogP contribution in [0.2, 0.25) is 0 Å². The average Bonchev–Trinajstić information content (AvgIpc) is 3.21. The van der Waals surface area contributed by atoms with Gasteiger partial charge in [0.1, 0.15) is 0 Å². The highest BCUT2D eigenvalue weighted by atomic mass is 16.1. The summed E-state index contributed by atoms with van der Waals surface area (Å²) in [6, 6.07) is 8.44. The highest BCUT2D eigenvalue weighted by Crippen LogP contribution is 2.23. The van der Waals surface area contributed by atoms with E-state index in [4.69, 9.17) is 5.73 Å². The zero-order chi connectivity index (χ0) is 16.5. The molecule has 0 fully saturated rings. The molecule has 3 heterocycles. The molecule has 1 atom stereocenters. The minimum absolute atomic E-state index is 0.386. The van der Waals surface area contributed by atoms with E-state index in [1.165, 1.54) is 16.5 Å². The molecule has 124 valence electrons. The number of amides is 1. The zero-order valence-electron chi connectivity index (χ0n) is 13.5. The van der Waals surface area contributed by atoms with Crippen LogP contribution in [0.15, 0.2) is 36.7 Å². The largest absolute Gasteiger partial charge is 0.365 e. The van der Waals surface area contributed by atoms with E-state index >= 15 is 0 Å². The standard InChI is InChI=1S/C18H21N5O/c19-18(24)15-11-22-23-7-5-12(8-16(15)23)9-20-10-14-3-1-2-13-4-6-21-17(13)14/h1-4,6,11-12,20-21H,5,7-10H2,(H2,19,24). The van der Waals surface area contributed by atoms with Gasteiger partial charge in [-0.2, -0.15) is 5.10 Å². The maximum atomic E-state index is 11.5. The molecule has 0 bridgehead atoms. The maximum absolute atomic E-state index is 11.5. The number of benzene rings is 1. The van der Waals surface area contributed by atoms with Crippen molar-refractivity contribution in [3.63, 3.8) is 0 Å². The second kappa shape index (κ2) is 6.13. The molecule has 1 aliphatic heterocycles. The molecule has 24 heavy (non-hydrogen) atoms. The van der Waals surface area contributed by atoms with Crippen LogP contribution in [0.25, 0.3) is 10.9 Å². The number of rotatable bonds is 5. The molecule has 6 nitrogen and oxygen atoms in total. The van der Waals surface area contributed by atoms with Crippen LogP contribution >= 0.6 is 0 Å². The summed E-state index contributed by atoms with van der Waals surface area (Å²) in [6.07, 6.45) is 5.48. The van der Waals surface area contributed by atoms with Crippen LogP contribution in [0.1, 0.15) is 28.0 Å². The second-order valence-corrected chi connectivity index (χ2v) is 6.44. The van der Waals surface area contributed by atoms with E-state index in [2.05, 4.69) is 39.7 Å². The minimum atomic E-state index is -0.386. The molecular formula is C18H21N5O. The average molecular weight is 323 g/mol. The van der Waals surface area contributed by atoms with E-state index in [0.29, 0.717) is 11.5 Å². The number of hydrogen-bond acceptors (Lipinski definition) is 3. The van der Waals surface area contributed by atoms with Crippen molar-refractivity contribution in [2.75, 3.05) is 6.54 Å². The van der Waals surface area contributed by atoms with Crippen LogP contribution in [0.3, 0.4) is 0 Å². The summed E-state index contributed by atoms with van der Waals surface area (Å²) < 4.78 is 1.91. The Kier molecular flexibility index (Phi) is 3.82. The molecular weight excluding hydrogens is 302 g/mol. The number of aromatic amines is 1. The molecule has 0 saturated carbocycles. The molecule has 4 rings (SSSR count). The predicted octanol–water partition coefficient (Wildman–Crippen LogP) is 1.82. The van der Waals surface area contributed by atoms with Crippen LogP contribution in [0.5, 0.6) is 0 Å². The first-order valence-electron chi connectivity index (χ1n) is 8.32. The molecule has 0 aliphatic carbocycles. The van der Waals surface area contributed by atoms with Gasteiger partial charge in [-0.3, -0.25) is 9.48 Å². The number of nitrogens with one attached hydrogen (secondary N) is 2. The van der Waals surface area contributed by atoms with Gasteiger partial charge in [0.15, 0.2) is 0 Å². The van der Waals surface area contributed by atoms with Gasteiger partial charge >= 0.3 is 0 Å². The summed E-state index contributed by atoms with van der Waals surface area (Å²) in [4.78, 5) is 14.8. The first-order chi connectivity index (χ1) is 11.7. The molecule has 0 radical (unpaired) electrons. The summed E-state index contributed by atoms with van der Waals surface area (Å²) in [6.45, 7) is 2.60. The molecule has 1 aliphatic rings. The fourth-order valence-corrected chi connectivity index (χ4v) is 3.59. The van der Waals surface area contributed by atoms with E-state index in [1.54, 1.807) is 6.20 Å². The molecule has 1 unspecified atom stereocenters. The molecule has 6 heteroatoms. The molecule has 1 amide bonds. The number of fused-ring (bicyclic) bond motifs is 2. The summed E-state index contributed by atoms with van der Waals surface area (Å²) in [5.41, 5.74) is 9.45. The highest BCUT2D eigenvalue weighted by Gasteiger charge is 2.24. The topological polar surface area (TPSA) is 88.7 Å². The van der Waals surface area contributed by atoms with Gasteiger partial charge in [-0.1, -0.05) is 18.2 Å². The number of aryl methyl sites for hydroxylation is 1. The van der Waals surface area contributed by atoms with Crippen molar-refractivity contribution in [1.29, 1.82) is 0 Å². The van der Waals surface area contributed by atoms with Crippen LogP contribution in [-0.2, 0) is 19.5 Å². The molecule has 1 aromatic carbocycles. The fourth-order valence-electron chi connectivity index (χ4n) is 3.59. The van der Waals surface area contributed by atoms with E-state index in [1.807, 2.05) is 10.9 Å². The van der Waals surface area contributed by atoms with Gasteiger partial charge in [-0.05, 0) is 42.3 Å². The summed E-state index contributed by atoms with van der Waals surface area (Å²) in [5.74, 6) is 0.110. The normalized spacial score (nSPS) is 17.1. The third kappa shape index (κ3) is 2.69. The summed E-state index contributed by atoms with van der Waals surface area (Å²) in [5, 5.41) is 9.06. The number of carbonyl (C=O) groups excluding carboxylic acids is 1. The predicted molar refractivity (Wildman–Crippen MR) is 92.6 cm³/mol. The van der Waals surface area contributed by atoms with Gasteiger partial charge in [0.05, 0.1) is 17.5 Å². The fraction of sp³-hybridized carbons (Fsp3) is 0.333. The zero-order valence-corrected chi connectivity index (χ0v) is 13.5. The van der Waals surface area contributed by atoms with Crippen molar-refractivity contribution in [2.45, 2.75) is 25.9 Å². The summed E-state index contributed by atoms with van der Waals surface area (Å²) in [7, 11) is 0. The van der Waals surface area contributed by atoms with Crippen LogP contribution in [0.4, 0.5) is 0 Å². The lowest BCUT2D eigenvalue weighted by atomic mass is 9.94. The SMILES string of the molecule is NC(=O)c1cnn2c1CC(CNCc1cccc3cc[nH]c13)CC2. The lowest BCUT2D eigenvalue weighted by Crippen LogP contribution is -2.30. The third-order valence-electron chi connectivity index (χ3n) is 4.87. The molecule has 3 aromatic rings. The van der Waals surface area contributed by atoms with E-state index in [9.17, 15) is 4.79 Å². The van der Waals surface area contributed by atoms with Crippen molar-refractivity contribution in [3.05, 3.63) is 53.5 Å². The number of H-pyrrole nitrogens is 1. The molecule has 0 spiro atoms. The van der Waals surface area contributed by atoms with E-state index in [-0.39, 0.29) is 5.91 Å². The second-order valence-electron chi connectivity index (χ2n) is 6.44. The number of nitrogens with zero attached hydrogens (tertiary/aromatic N) is 2. The van der Waals surface area contributed by atoms with Gasteiger partial charge in [0, 0.05) is 24.8 Å². The first kappa shape index (κ1) is 15.0. The Labute approximate surface area is 140 Å². The number of primary amides is 1. The lowest BCUT2D eigenvalue weighted by molar-refractivity contribution is 0.0998. The highest BCUT2D eigenvalue weighted by molar-refractivity contribution is 5.93. The molecule has 4 N–H and O–H groups in total. The maximum Gasteiger partial charge on any atom is 0.252 e.